The van der Waals surface area contributed by atoms with Gasteiger partial charge in [-0.2, -0.15) is 0 Å². The lowest BCUT2D eigenvalue weighted by atomic mass is 9.81. The lowest BCUT2D eigenvalue weighted by molar-refractivity contribution is -0.123. The van der Waals surface area contributed by atoms with E-state index < -0.39 is 29.4 Å². The number of pyridine rings is 1. The summed E-state index contributed by atoms with van der Waals surface area (Å²) < 4.78 is 33.2. The van der Waals surface area contributed by atoms with Crippen molar-refractivity contribution in [3.8, 4) is 0 Å². The highest BCUT2D eigenvalue weighted by Gasteiger charge is 2.30. The summed E-state index contributed by atoms with van der Waals surface area (Å²) in [6, 6.07) is 6.08. The van der Waals surface area contributed by atoms with Crippen molar-refractivity contribution in [1.29, 1.82) is 0 Å². The Kier molecular flexibility index (Phi) is 6.82. The maximum absolute atomic E-state index is 13.9. The Morgan fingerprint density at radius 2 is 1.94 bits per heavy atom. The van der Waals surface area contributed by atoms with Gasteiger partial charge in [0.25, 0.3) is 0 Å². The highest BCUT2D eigenvalue weighted by atomic mass is 19.1. The van der Waals surface area contributed by atoms with E-state index >= 15 is 0 Å². The van der Waals surface area contributed by atoms with E-state index in [-0.39, 0.29) is 24.2 Å². The predicted molar refractivity (Wildman–Crippen MR) is 128 cm³/mol. The zero-order chi connectivity index (χ0) is 25.2. The molecule has 4 rings (SSSR count). The number of rotatable bonds is 5. The van der Waals surface area contributed by atoms with Crippen molar-refractivity contribution >= 4 is 17.6 Å². The summed E-state index contributed by atoms with van der Waals surface area (Å²) in [5.41, 5.74) is 1.57. The summed E-state index contributed by atoms with van der Waals surface area (Å²) in [5.74, 6) is -1.94. The highest BCUT2D eigenvalue weighted by Crippen LogP contribution is 2.34. The number of alkyl carbamates (subject to hydrolysis) is 1. The van der Waals surface area contributed by atoms with Gasteiger partial charge in [-0.1, -0.05) is 30.4 Å². The van der Waals surface area contributed by atoms with Gasteiger partial charge in [-0.3, -0.25) is 9.78 Å². The van der Waals surface area contributed by atoms with Crippen LogP contribution in [0.4, 0.5) is 13.6 Å². The predicted octanol–water partition coefficient (Wildman–Crippen LogP) is 5.00. The Morgan fingerprint density at radius 3 is 2.66 bits per heavy atom. The Morgan fingerprint density at radius 1 is 1.20 bits per heavy atom. The van der Waals surface area contributed by atoms with Crippen LogP contribution in [0.5, 0.6) is 0 Å². The molecule has 2 amide bonds. The molecule has 1 aliphatic heterocycles. The third kappa shape index (κ3) is 6.01. The first-order valence-electron chi connectivity index (χ1n) is 11.4. The normalized spacial score (nSPS) is 19.9. The molecule has 0 saturated heterocycles. The number of ether oxygens (including phenoxy) is 1. The summed E-state index contributed by atoms with van der Waals surface area (Å²) in [6.45, 7) is 5.23. The van der Waals surface area contributed by atoms with Crippen LogP contribution in [0.1, 0.15) is 43.6 Å². The molecule has 1 aromatic carbocycles. The van der Waals surface area contributed by atoms with E-state index in [1.807, 2.05) is 30.4 Å². The molecular formula is C27H27F2N3O3. The molecule has 0 fully saturated rings. The minimum absolute atomic E-state index is 0.0430. The molecular weight excluding hydrogens is 452 g/mol. The van der Waals surface area contributed by atoms with E-state index in [1.165, 1.54) is 12.1 Å². The zero-order valence-corrected chi connectivity index (χ0v) is 19.7. The molecule has 0 bridgehead atoms. The van der Waals surface area contributed by atoms with Crippen molar-refractivity contribution in [2.24, 2.45) is 11.8 Å². The SMILES string of the molecule is CC(C)(C)OC(=O)N[C@@H](Cc1cc(F)cc(F)c1)c1ncccc1C1=CC2C(=O)NC=CC2C=C1. The van der Waals surface area contributed by atoms with E-state index in [9.17, 15) is 18.4 Å². The number of amides is 2. The lowest BCUT2D eigenvalue weighted by Gasteiger charge is -2.28. The van der Waals surface area contributed by atoms with Gasteiger partial charge < -0.3 is 15.4 Å². The third-order valence-electron chi connectivity index (χ3n) is 5.65. The fourth-order valence-corrected chi connectivity index (χ4v) is 4.22. The average molecular weight is 480 g/mol. The molecule has 2 aromatic rings. The number of aromatic nitrogens is 1. The molecule has 2 N–H and O–H groups in total. The second-order valence-electron chi connectivity index (χ2n) is 9.57. The molecule has 0 spiro atoms. The fourth-order valence-electron chi connectivity index (χ4n) is 4.22. The van der Waals surface area contributed by atoms with Crippen molar-refractivity contribution in [3.05, 3.63) is 95.5 Å². The van der Waals surface area contributed by atoms with E-state index in [2.05, 4.69) is 15.6 Å². The fraction of sp³-hybridized carbons (Fsp3) is 0.296. The number of hydrogen-bond donors (Lipinski definition) is 2. The van der Waals surface area contributed by atoms with Crippen molar-refractivity contribution in [2.75, 3.05) is 0 Å². The third-order valence-corrected chi connectivity index (χ3v) is 5.65. The van der Waals surface area contributed by atoms with Gasteiger partial charge in [0.15, 0.2) is 0 Å². The first kappa shape index (κ1) is 24.3. The minimum atomic E-state index is -0.755. The van der Waals surface area contributed by atoms with Crippen LogP contribution in [-0.2, 0) is 16.0 Å². The molecule has 3 atom stereocenters. The topological polar surface area (TPSA) is 80.3 Å². The van der Waals surface area contributed by atoms with Crippen LogP contribution in [0.25, 0.3) is 5.57 Å². The van der Waals surface area contributed by atoms with E-state index in [4.69, 9.17) is 4.74 Å². The minimum Gasteiger partial charge on any atom is -0.444 e. The van der Waals surface area contributed by atoms with Crippen molar-refractivity contribution in [1.82, 2.24) is 15.6 Å². The summed E-state index contributed by atoms with van der Waals surface area (Å²) in [5, 5.41) is 5.54. The number of allylic oxidation sites excluding steroid dienone is 4. The maximum atomic E-state index is 13.9. The first-order chi connectivity index (χ1) is 16.6. The number of benzene rings is 1. The molecule has 2 aliphatic rings. The van der Waals surface area contributed by atoms with Gasteiger partial charge in [-0.05, 0) is 56.5 Å². The van der Waals surface area contributed by atoms with Crippen LogP contribution in [-0.4, -0.2) is 22.6 Å². The second kappa shape index (κ2) is 9.82. The summed E-state index contributed by atoms with van der Waals surface area (Å²) in [7, 11) is 0. The van der Waals surface area contributed by atoms with Gasteiger partial charge in [-0.15, -0.1) is 0 Å². The van der Waals surface area contributed by atoms with Gasteiger partial charge in [-0.25, -0.2) is 13.6 Å². The molecule has 6 nitrogen and oxygen atoms in total. The standard InChI is InChI=1S/C27H27F2N3O3/c1-27(2,3)35-26(34)32-23(13-16-11-19(28)15-20(29)12-16)24-21(5-4-9-30-24)18-7-6-17-8-10-31-25(33)22(17)14-18/h4-12,14-15,17,22-23H,13H2,1-3H3,(H,31,33)(H,32,34)/t17?,22?,23-/m0/s1. The first-order valence-corrected chi connectivity index (χ1v) is 11.4. The Hall–Kier alpha value is -3.81. The Labute approximate surface area is 202 Å². The van der Waals surface area contributed by atoms with Crippen LogP contribution in [0.15, 0.2) is 67.0 Å². The van der Waals surface area contributed by atoms with Gasteiger partial charge in [0, 0.05) is 29.9 Å². The van der Waals surface area contributed by atoms with E-state index in [1.54, 1.807) is 39.2 Å². The Bertz CT molecular complexity index is 1210. The van der Waals surface area contributed by atoms with Gasteiger partial charge >= 0.3 is 6.09 Å². The number of carbonyl (C=O) groups is 2. The number of halogens is 2. The van der Waals surface area contributed by atoms with Crippen molar-refractivity contribution in [2.45, 2.75) is 38.8 Å². The summed E-state index contributed by atoms with van der Waals surface area (Å²) >= 11 is 0. The molecule has 8 heteroatoms. The van der Waals surface area contributed by atoms with Crippen molar-refractivity contribution < 1.29 is 23.1 Å². The van der Waals surface area contributed by atoms with Crippen LogP contribution < -0.4 is 10.6 Å². The molecule has 182 valence electrons. The smallest absolute Gasteiger partial charge is 0.408 e. The molecule has 2 unspecified atom stereocenters. The van der Waals surface area contributed by atoms with Crippen LogP contribution in [0, 0.1) is 23.5 Å². The van der Waals surface area contributed by atoms with Crippen molar-refractivity contribution in [3.63, 3.8) is 0 Å². The highest BCUT2D eigenvalue weighted by molar-refractivity contribution is 5.88. The number of hydrogen-bond acceptors (Lipinski definition) is 4. The lowest BCUT2D eigenvalue weighted by Crippen LogP contribution is -2.36. The van der Waals surface area contributed by atoms with Crippen LogP contribution in [0.2, 0.25) is 0 Å². The summed E-state index contributed by atoms with van der Waals surface area (Å²) in [4.78, 5) is 29.6. The maximum Gasteiger partial charge on any atom is 0.408 e. The number of fused-ring (bicyclic) bond motifs is 1. The monoisotopic (exact) mass is 479 g/mol. The van der Waals surface area contributed by atoms with Gasteiger partial charge in [0.05, 0.1) is 17.7 Å². The average Bonchev–Trinajstić information content (AvgIpc) is 2.77. The van der Waals surface area contributed by atoms with E-state index in [0.717, 1.165) is 11.6 Å². The second-order valence-corrected chi connectivity index (χ2v) is 9.57. The van der Waals surface area contributed by atoms with Crippen LogP contribution >= 0.6 is 0 Å². The molecule has 1 aromatic heterocycles. The molecule has 0 saturated carbocycles. The number of carbonyl (C=O) groups excluding carboxylic acids is 2. The zero-order valence-electron chi connectivity index (χ0n) is 19.7. The largest absolute Gasteiger partial charge is 0.444 e. The molecule has 2 heterocycles. The van der Waals surface area contributed by atoms with Gasteiger partial charge in [0.1, 0.15) is 17.2 Å². The van der Waals surface area contributed by atoms with E-state index in [0.29, 0.717) is 16.8 Å². The molecule has 0 radical (unpaired) electrons. The molecule has 1 aliphatic carbocycles. The Balaban J connectivity index is 1.72. The van der Waals surface area contributed by atoms with Gasteiger partial charge in [0.2, 0.25) is 5.91 Å². The summed E-state index contributed by atoms with van der Waals surface area (Å²) in [6.07, 6.45) is 10.3. The number of nitrogens with one attached hydrogen (secondary N) is 2. The van der Waals surface area contributed by atoms with Crippen LogP contribution in [0.3, 0.4) is 0 Å². The molecule has 35 heavy (non-hydrogen) atoms. The number of nitrogens with zero attached hydrogens (tertiary/aromatic N) is 1. The quantitative estimate of drug-likeness (QED) is 0.633.